The molecule has 0 atom stereocenters. The number of nitrogens with zero attached hydrogens (tertiary/aromatic N) is 2. The lowest BCUT2D eigenvalue weighted by Gasteiger charge is -2.12. The molecule has 0 saturated heterocycles. The summed E-state index contributed by atoms with van der Waals surface area (Å²) in [5.74, 6) is 0.331. The SMILES string of the molecule is COc1ccc(CNc2nc(SC)ncc2C(=O)Cc2c(F)cccc2Cl)cc1. The molecule has 0 aliphatic rings. The number of halogens is 2. The fourth-order valence-corrected chi connectivity index (χ4v) is 3.26. The average molecular weight is 432 g/mol. The van der Waals surface area contributed by atoms with Crippen molar-refractivity contribution in [2.45, 2.75) is 18.1 Å². The van der Waals surface area contributed by atoms with Crippen molar-refractivity contribution < 1.29 is 13.9 Å². The van der Waals surface area contributed by atoms with E-state index in [-0.39, 0.29) is 28.4 Å². The molecule has 0 amide bonds. The third-order valence-corrected chi connectivity index (χ3v) is 5.18. The number of methoxy groups -OCH3 is 1. The summed E-state index contributed by atoms with van der Waals surface area (Å²) in [6.07, 6.45) is 3.14. The first kappa shape index (κ1) is 21.1. The Hall–Kier alpha value is -2.64. The zero-order valence-electron chi connectivity index (χ0n) is 15.9. The second kappa shape index (κ2) is 9.71. The number of nitrogens with one attached hydrogen (secondary N) is 1. The average Bonchev–Trinajstić information content (AvgIpc) is 2.75. The van der Waals surface area contributed by atoms with Crippen molar-refractivity contribution in [2.24, 2.45) is 0 Å². The molecule has 8 heteroatoms. The van der Waals surface area contributed by atoms with Crippen LogP contribution in [0.4, 0.5) is 10.2 Å². The summed E-state index contributed by atoms with van der Waals surface area (Å²) in [4.78, 5) is 21.5. The van der Waals surface area contributed by atoms with Gasteiger partial charge in [0.25, 0.3) is 0 Å². The van der Waals surface area contributed by atoms with Crippen LogP contribution in [0.3, 0.4) is 0 Å². The van der Waals surface area contributed by atoms with Gasteiger partial charge in [0.05, 0.1) is 12.7 Å². The van der Waals surface area contributed by atoms with E-state index < -0.39 is 5.82 Å². The maximum absolute atomic E-state index is 14.1. The topological polar surface area (TPSA) is 64.1 Å². The first-order valence-corrected chi connectivity index (χ1v) is 10.4. The normalized spacial score (nSPS) is 10.6. The first-order valence-electron chi connectivity index (χ1n) is 8.75. The highest BCUT2D eigenvalue weighted by molar-refractivity contribution is 7.98. The van der Waals surface area contributed by atoms with E-state index in [0.717, 1.165) is 11.3 Å². The summed E-state index contributed by atoms with van der Waals surface area (Å²) in [6.45, 7) is 0.454. The molecule has 2 aromatic carbocycles. The molecule has 0 aliphatic carbocycles. The molecular formula is C21H19ClFN3O2S. The van der Waals surface area contributed by atoms with E-state index in [0.29, 0.717) is 17.5 Å². The number of carbonyl (C=O) groups excluding carboxylic acids is 1. The Labute approximate surface area is 177 Å². The van der Waals surface area contributed by atoms with E-state index in [1.54, 1.807) is 13.2 Å². The molecule has 1 heterocycles. The largest absolute Gasteiger partial charge is 0.497 e. The van der Waals surface area contributed by atoms with Crippen LogP contribution in [-0.2, 0) is 13.0 Å². The highest BCUT2D eigenvalue weighted by Crippen LogP contribution is 2.24. The molecule has 1 aromatic heterocycles. The lowest BCUT2D eigenvalue weighted by atomic mass is 10.0. The summed E-state index contributed by atoms with van der Waals surface area (Å²) < 4.78 is 19.2. The molecule has 0 unspecified atom stereocenters. The van der Waals surface area contributed by atoms with Crippen molar-refractivity contribution in [1.82, 2.24) is 9.97 Å². The third kappa shape index (κ3) is 5.25. The molecule has 0 spiro atoms. The molecule has 0 bridgehead atoms. The van der Waals surface area contributed by atoms with Crippen molar-refractivity contribution in [2.75, 3.05) is 18.7 Å². The Kier molecular flexibility index (Phi) is 7.06. The van der Waals surface area contributed by atoms with Crippen LogP contribution in [-0.4, -0.2) is 29.1 Å². The van der Waals surface area contributed by atoms with E-state index in [9.17, 15) is 9.18 Å². The molecule has 0 saturated carbocycles. The molecule has 3 rings (SSSR count). The number of hydrogen-bond acceptors (Lipinski definition) is 6. The third-order valence-electron chi connectivity index (χ3n) is 4.27. The van der Waals surface area contributed by atoms with Crippen LogP contribution in [0.25, 0.3) is 0 Å². The maximum Gasteiger partial charge on any atom is 0.189 e. The minimum atomic E-state index is -0.514. The van der Waals surface area contributed by atoms with E-state index >= 15 is 0 Å². The summed E-state index contributed by atoms with van der Waals surface area (Å²) in [5.41, 5.74) is 1.44. The Balaban J connectivity index is 1.83. The van der Waals surface area contributed by atoms with Gasteiger partial charge in [-0.1, -0.05) is 41.6 Å². The van der Waals surface area contributed by atoms with Gasteiger partial charge in [-0.05, 0) is 36.1 Å². The quantitative estimate of drug-likeness (QED) is 0.306. The van der Waals surface area contributed by atoms with Crippen LogP contribution < -0.4 is 10.1 Å². The second-order valence-corrected chi connectivity index (χ2v) is 7.30. The molecular weight excluding hydrogens is 413 g/mol. The number of thioether (sulfide) groups is 1. The monoisotopic (exact) mass is 431 g/mol. The summed E-state index contributed by atoms with van der Waals surface area (Å²) in [7, 11) is 1.61. The van der Waals surface area contributed by atoms with E-state index in [1.165, 1.54) is 30.1 Å². The Bertz CT molecular complexity index is 995. The predicted octanol–water partition coefficient (Wildman–Crippen LogP) is 5.04. The fourth-order valence-electron chi connectivity index (χ4n) is 2.69. The van der Waals surface area contributed by atoms with Gasteiger partial charge in [-0.15, -0.1) is 0 Å². The van der Waals surface area contributed by atoms with Crippen LogP contribution in [0.1, 0.15) is 21.5 Å². The van der Waals surface area contributed by atoms with Gasteiger partial charge in [-0.3, -0.25) is 4.79 Å². The molecule has 0 aliphatic heterocycles. The minimum Gasteiger partial charge on any atom is -0.497 e. The molecule has 150 valence electrons. The number of rotatable bonds is 8. The van der Waals surface area contributed by atoms with Gasteiger partial charge >= 0.3 is 0 Å². The Morgan fingerprint density at radius 3 is 2.66 bits per heavy atom. The molecule has 5 nitrogen and oxygen atoms in total. The van der Waals surface area contributed by atoms with E-state index in [1.807, 2.05) is 30.5 Å². The van der Waals surface area contributed by atoms with E-state index in [4.69, 9.17) is 16.3 Å². The zero-order chi connectivity index (χ0) is 20.8. The minimum absolute atomic E-state index is 0.161. The van der Waals surface area contributed by atoms with Crippen molar-refractivity contribution in [1.29, 1.82) is 0 Å². The Morgan fingerprint density at radius 1 is 1.24 bits per heavy atom. The molecule has 29 heavy (non-hydrogen) atoms. The molecule has 0 fully saturated rings. The van der Waals surface area contributed by atoms with Gasteiger partial charge in [-0.2, -0.15) is 0 Å². The number of ketones is 1. The van der Waals surface area contributed by atoms with Crippen LogP contribution >= 0.6 is 23.4 Å². The van der Waals surface area contributed by atoms with Gasteiger partial charge in [0.15, 0.2) is 10.9 Å². The van der Waals surface area contributed by atoms with Gasteiger partial charge in [0.2, 0.25) is 0 Å². The maximum atomic E-state index is 14.1. The molecule has 1 N–H and O–H groups in total. The van der Waals surface area contributed by atoms with Crippen LogP contribution in [0.2, 0.25) is 5.02 Å². The molecule has 3 aromatic rings. The van der Waals surface area contributed by atoms with Crippen molar-refractivity contribution in [3.63, 3.8) is 0 Å². The summed E-state index contributed by atoms with van der Waals surface area (Å²) in [5, 5.41) is 3.93. The van der Waals surface area contributed by atoms with E-state index in [2.05, 4.69) is 15.3 Å². The van der Waals surface area contributed by atoms with Gasteiger partial charge in [0.1, 0.15) is 17.4 Å². The fraction of sp³-hybridized carbons (Fsp3) is 0.190. The highest BCUT2D eigenvalue weighted by Gasteiger charge is 2.18. The van der Waals surface area contributed by atoms with Crippen LogP contribution in [0.5, 0.6) is 5.75 Å². The Morgan fingerprint density at radius 2 is 2.00 bits per heavy atom. The van der Waals surface area contributed by atoms with Crippen molar-refractivity contribution in [3.8, 4) is 5.75 Å². The van der Waals surface area contributed by atoms with Crippen molar-refractivity contribution in [3.05, 3.63) is 76.2 Å². The number of ether oxygens (including phenoxy) is 1. The second-order valence-electron chi connectivity index (χ2n) is 6.12. The van der Waals surface area contributed by atoms with Gasteiger partial charge < -0.3 is 10.1 Å². The number of Topliss-reactive ketones (excluding diaryl/α,β-unsaturated/α-hetero) is 1. The van der Waals surface area contributed by atoms with Crippen LogP contribution in [0.15, 0.2) is 53.8 Å². The number of benzene rings is 2. The summed E-state index contributed by atoms with van der Waals surface area (Å²) in [6, 6.07) is 11.9. The first-order chi connectivity index (χ1) is 14.0. The number of carbonyl (C=O) groups is 1. The number of aromatic nitrogens is 2. The smallest absolute Gasteiger partial charge is 0.189 e. The number of hydrogen-bond donors (Lipinski definition) is 1. The zero-order valence-corrected chi connectivity index (χ0v) is 17.5. The number of anilines is 1. The summed E-state index contributed by atoms with van der Waals surface area (Å²) >= 11 is 7.43. The standard InChI is InChI=1S/C21H19ClFN3O2S/c1-28-14-8-6-13(7-9-14)11-24-20-16(12-25-21(26-20)29-2)19(27)10-15-17(22)4-3-5-18(15)23/h3-9,12H,10-11H2,1-2H3,(H,24,25,26). The lowest BCUT2D eigenvalue weighted by molar-refractivity contribution is 0.0991. The van der Waals surface area contributed by atoms with Crippen LogP contribution in [0, 0.1) is 5.82 Å². The van der Waals surface area contributed by atoms with Crippen molar-refractivity contribution >= 4 is 35.0 Å². The predicted molar refractivity (Wildman–Crippen MR) is 114 cm³/mol. The lowest BCUT2D eigenvalue weighted by Crippen LogP contribution is -2.13. The molecule has 0 radical (unpaired) electrons. The van der Waals surface area contributed by atoms with Gasteiger partial charge in [0, 0.05) is 29.7 Å². The highest BCUT2D eigenvalue weighted by atomic mass is 35.5. The van der Waals surface area contributed by atoms with Gasteiger partial charge in [-0.25, -0.2) is 14.4 Å².